The number of ether oxygens (including phenoxy) is 1. The zero-order chi connectivity index (χ0) is 19.1. The molecule has 4 nitrogen and oxygen atoms in total. The molecule has 1 amide bonds. The highest BCUT2D eigenvalue weighted by atomic mass is 16.5. The molecule has 0 aromatic heterocycles. The van der Waals surface area contributed by atoms with E-state index in [9.17, 15) is 4.79 Å². The normalized spacial score (nSPS) is 16.8. The number of nitrogens with one attached hydrogen (secondary N) is 1. The van der Waals surface area contributed by atoms with Crippen molar-refractivity contribution in [3.63, 3.8) is 0 Å². The minimum absolute atomic E-state index is 0.00159. The Morgan fingerprint density at radius 1 is 1.04 bits per heavy atom. The van der Waals surface area contributed by atoms with Crippen LogP contribution >= 0.6 is 0 Å². The molecular weight excluding hydrogens is 336 g/mol. The summed E-state index contributed by atoms with van der Waals surface area (Å²) in [6.07, 6.45) is 4.28. The fraction of sp³-hybridized carbons (Fsp3) is 0.435. The fourth-order valence-corrected chi connectivity index (χ4v) is 3.85. The molecule has 4 heteroatoms. The number of carbonyl (C=O) groups is 1. The average molecular weight is 367 g/mol. The minimum Gasteiger partial charge on any atom is -0.378 e. The van der Waals surface area contributed by atoms with Crippen LogP contribution in [0.2, 0.25) is 0 Å². The Hall–Kier alpha value is -2.17. The SMILES string of the molecule is COC1(CCc2ccccc2)CCN(Cc2ccc(NC(C)=O)cc2)CC1. The van der Waals surface area contributed by atoms with Crippen molar-refractivity contribution in [1.82, 2.24) is 4.90 Å². The number of anilines is 1. The lowest BCUT2D eigenvalue weighted by atomic mass is 9.85. The van der Waals surface area contributed by atoms with Crippen LogP contribution in [0, 0.1) is 0 Å². The summed E-state index contributed by atoms with van der Waals surface area (Å²) in [7, 11) is 1.86. The smallest absolute Gasteiger partial charge is 0.221 e. The Morgan fingerprint density at radius 2 is 1.70 bits per heavy atom. The Bertz CT molecular complexity index is 720. The standard InChI is InChI=1S/C23H30N2O2/c1-19(26)24-22-10-8-21(9-11-22)18-25-16-14-23(27-2,15-17-25)13-12-20-6-4-3-5-7-20/h3-11H,12-18H2,1-2H3,(H,24,26). The van der Waals surface area contributed by atoms with Gasteiger partial charge in [-0.15, -0.1) is 0 Å². The first-order valence-electron chi connectivity index (χ1n) is 9.76. The van der Waals surface area contributed by atoms with Crippen LogP contribution in [-0.2, 0) is 22.5 Å². The molecule has 0 saturated carbocycles. The van der Waals surface area contributed by atoms with Gasteiger partial charge in [0.2, 0.25) is 5.91 Å². The number of aryl methyl sites for hydroxylation is 1. The fourth-order valence-electron chi connectivity index (χ4n) is 3.85. The maximum atomic E-state index is 11.1. The van der Waals surface area contributed by atoms with Gasteiger partial charge in [0.25, 0.3) is 0 Å². The summed E-state index contributed by atoms with van der Waals surface area (Å²) >= 11 is 0. The van der Waals surface area contributed by atoms with E-state index in [4.69, 9.17) is 4.74 Å². The molecule has 0 radical (unpaired) electrons. The predicted molar refractivity (Wildman–Crippen MR) is 110 cm³/mol. The number of benzene rings is 2. The molecule has 1 aliphatic heterocycles. The van der Waals surface area contributed by atoms with Crippen molar-refractivity contribution in [3.05, 3.63) is 65.7 Å². The number of hydrogen-bond acceptors (Lipinski definition) is 3. The van der Waals surface area contributed by atoms with Gasteiger partial charge in [-0.3, -0.25) is 9.69 Å². The Morgan fingerprint density at radius 3 is 2.30 bits per heavy atom. The summed E-state index contributed by atoms with van der Waals surface area (Å²) < 4.78 is 5.98. The van der Waals surface area contributed by atoms with Gasteiger partial charge >= 0.3 is 0 Å². The van der Waals surface area contributed by atoms with Gasteiger partial charge in [-0.1, -0.05) is 42.5 Å². The van der Waals surface area contributed by atoms with Crippen LogP contribution < -0.4 is 5.32 Å². The summed E-state index contributed by atoms with van der Waals surface area (Å²) in [6, 6.07) is 18.8. The Labute approximate surface area is 162 Å². The van der Waals surface area contributed by atoms with Crippen molar-refractivity contribution in [2.75, 3.05) is 25.5 Å². The maximum absolute atomic E-state index is 11.1. The first-order chi connectivity index (χ1) is 13.1. The largest absolute Gasteiger partial charge is 0.378 e. The lowest BCUT2D eigenvalue weighted by molar-refractivity contribution is -0.114. The van der Waals surface area contributed by atoms with E-state index in [0.29, 0.717) is 0 Å². The van der Waals surface area contributed by atoms with Crippen LogP contribution in [0.5, 0.6) is 0 Å². The quantitative estimate of drug-likeness (QED) is 0.796. The Balaban J connectivity index is 1.50. The first-order valence-corrected chi connectivity index (χ1v) is 9.76. The number of hydrogen-bond donors (Lipinski definition) is 1. The van der Waals surface area contributed by atoms with Gasteiger partial charge in [0.15, 0.2) is 0 Å². The number of rotatable bonds is 7. The number of likely N-dealkylation sites (tertiary alicyclic amines) is 1. The highest BCUT2D eigenvalue weighted by Crippen LogP contribution is 2.31. The third-order valence-corrected chi connectivity index (χ3v) is 5.59. The van der Waals surface area contributed by atoms with Crippen molar-refractivity contribution in [2.45, 2.75) is 44.8 Å². The summed E-state index contributed by atoms with van der Waals surface area (Å²) in [4.78, 5) is 13.6. The summed E-state index contributed by atoms with van der Waals surface area (Å²) in [5.74, 6) is -0.0369. The monoisotopic (exact) mass is 366 g/mol. The van der Waals surface area contributed by atoms with Crippen LogP contribution in [0.1, 0.15) is 37.3 Å². The molecule has 0 spiro atoms. The van der Waals surface area contributed by atoms with Crippen LogP contribution in [0.15, 0.2) is 54.6 Å². The van der Waals surface area contributed by atoms with Crippen molar-refractivity contribution in [2.24, 2.45) is 0 Å². The molecule has 1 heterocycles. The third-order valence-electron chi connectivity index (χ3n) is 5.59. The molecule has 1 fully saturated rings. The first kappa shape index (κ1) is 19.6. The predicted octanol–water partition coefficient (Wildman–Crippen LogP) is 4.26. The van der Waals surface area contributed by atoms with E-state index in [1.165, 1.54) is 18.1 Å². The van der Waals surface area contributed by atoms with Crippen molar-refractivity contribution < 1.29 is 9.53 Å². The summed E-state index contributed by atoms with van der Waals surface area (Å²) in [5.41, 5.74) is 3.51. The lowest BCUT2D eigenvalue weighted by Crippen LogP contribution is -2.45. The molecule has 1 N–H and O–H groups in total. The van der Waals surface area contributed by atoms with E-state index < -0.39 is 0 Å². The Kier molecular flexibility index (Phi) is 6.64. The lowest BCUT2D eigenvalue weighted by Gasteiger charge is -2.41. The molecule has 0 unspecified atom stereocenters. The van der Waals surface area contributed by atoms with E-state index >= 15 is 0 Å². The van der Waals surface area contributed by atoms with Gasteiger partial charge in [-0.25, -0.2) is 0 Å². The maximum Gasteiger partial charge on any atom is 0.221 e. The van der Waals surface area contributed by atoms with Crippen LogP contribution in [0.3, 0.4) is 0 Å². The highest BCUT2D eigenvalue weighted by Gasteiger charge is 2.34. The molecule has 2 aromatic carbocycles. The molecule has 1 saturated heterocycles. The van der Waals surface area contributed by atoms with Crippen molar-refractivity contribution >= 4 is 11.6 Å². The third kappa shape index (κ3) is 5.65. The molecule has 144 valence electrons. The summed E-state index contributed by atoms with van der Waals surface area (Å²) in [5, 5.41) is 2.81. The number of carbonyl (C=O) groups excluding carboxylic acids is 1. The number of methoxy groups -OCH3 is 1. The van der Waals surface area contributed by atoms with Gasteiger partial charge in [0.05, 0.1) is 5.60 Å². The van der Waals surface area contributed by atoms with Crippen LogP contribution in [0.4, 0.5) is 5.69 Å². The molecule has 0 atom stereocenters. The molecule has 0 bridgehead atoms. The molecule has 3 rings (SSSR count). The second-order valence-electron chi connectivity index (χ2n) is 7.53. The second-order valence-corrected chi connectivity index (χ2v) is 7.53. The van der Waals surface area contributed by atoms with E-state index in [0.717, 1.165) is 51.0 Å². The topological polar surface area (TPSA) is 41.6 Å². The molecule has 1 aliphatic rings. The van der Waals surface area contributed by atoms with Crippen molar-refractivity contribution in [3.8, 4) is 0 Å². The molecule has 0 aliphatic carbocycles. The highest BCUT2D eigenvalue weighted by molar-refractivity contribution is 5.88. The number of piperidine rings is 1. The van der Waals surface area contributed by atoms with E-state index in [1.807, 2.05) is 19.2 Å². The zero-order valence-corrected chi connectivity index (χ0v) is 16.4. The minimum atomic E-state index is -0.0369. The van der Waals surface area contributed by atoms with Crippen LogP contribution in [-0.4, -0.2) is 36.6 Å². The average Bonchev–Trinajstić information content (AvgIpc) is 2.70. The van der Waals surface area contributed by atoms with Crippen molar-refractivity contribution in [1.29, 1.82) is 0 Å². The zero-order valence-electron chi connectivity index (χ0n) is 16.4. The van der Waals surface area contributed by atoms with Gasteiger partial charge in [-0.2, -0.15) is 0 Å². The van der Waals surface area contributed by atoms with Crippen LogP contribution in [0.25, 0.3) is 0 Å². The number of amides is 1. The van der Waals surface area contributed by atoms with E-state index in [2.05, 4.69) is 52.7 Å². The summed E-state index contributed by atoms with van der Waals surface area (Å²) in [6.45, 7) is 4.58. The molecule has 27 heavy (non-hydrogen) atoms. The van der Waals surface area contributed by atoms with Gasteiger partial charge in [0.1, 0.15) is 0 Å². The molecule has 2 aromatic rings. The number of nitrogens with zero attached hydrogens (tertiary/aromatic N) is 1. The van der Waals surface area contributed by atoms with E-state index in [-0.39, 0.29) is 11.5 Å². The van der Waals surface area contributed by atoms with Gasteiger partial charge < -0.3 is 10.1 Å². The van der Waals surface area contributed by atoms with E-state index in [1.54, 1.807) is 0 Å². The molecular formula is C23H30N2O2. The second kappa shape index (κ2) is 9.16. The van der Waals surface area contributed by atoms with Gasteiger partial charge in [-0.05, 0) is 48.9 Å². The van der Waals surface area contributed by atoms with Gasteiger partial charge in [0, 0.05) is 39.4 Å².